The quantitative estimate of drug-likeness (QED) is 0.797. The Hall–Kier alpha value is -1.16. The molecule has 0 aliphatic carbocycles. The monoisotopic (exact) mass is 308 g/mol. The van der Waals surface area contributed by atoms with Crippen molar-refractivity contribution in [1.29, 1.82) is 0 Å². The third-order valence-electron chi connectivity index (χ3n) is 2.96. The third kappa shape index (κ3) is 2.99. The highest BCUT2D eigenvalue weighted by molar-refractivity contribution is 9.09. The Labute approximate surface area is 116 Å². The number of alkyl halides is 1. The number of halogens is 1. The van der Waals surface area contributed by atoms with Gasteiger partial charge in [0.15, 0.2) is 0 Å². The first-order valence-electron chi connectivity index (χ1n) is 6.12. The molecule has 0 aliphatic rings. The number of rotatable bonds is 4. The molecule has 0 aliphatic heterocycles. The summed E-state index contributed by atoms with van der Waals surface area (Å²) in [5, 5.41) is 8.18. The number of hydrogen-bond donors (Lipinski definition) is 0. The van der Waals surface area contributed by atoms with Crippen molar-refractivity contribution in [3.8, 4) is 0 Å². The van der Waals surface area contributed by atoms with Crippen LogP contribution < -0.4 is 0 Å². The first-order valence-corrected chi connectivity index (χ1v) is 7.04. The average molecular weight is 309 g/mol. The van der Waals surface area contributed by atoms with Gasteiger partial charge in [0.1, 0.15) is 0 Å². The molecule has 18 heavy (non-hydrogen) atoms. The van der Waals surface area contributed by atoms with E-state index in [1.807, 2.05) is 0 Å². The molecule has 0 fully saturated rings. The van der Waals surface area contributed by atoms with Crippen molar-refractivity contribution < 1.29 is 4.42 Å². The van der Waals surface area contributed by atoms with Gasteiger partial charge in [-0.05, 0) is 31.4 Å². The van der Waals surface area contributed by atoms with E-state index >= 15 is 0 Å². The Morgan fingerprint density at radius 3 is 2.78 bits per heavy atom. The van der Waals surface area contributed by atoms with Crippen LogP contribution >= 0.6 is 15.9 Å². The maximum Gasteiger partial charge on any atom is 0.230 e. The second-order valence-corrected chi connectivity index (χ2v) is 5.62. The largest absolute Gasteiger partial charge is 0.424 e. The first kappa shape index (κ1) is 13.3. The molecular weight excluding hydrogens is 292 g/mol. The summed E-state index contributed by atoms with van der Waals surface area (Å²) < 4.78 is 5.67. The van der Waals surface area contributed by atoms with E-state index in [1.165, 1.54) is 16.7 Å². The molecule has 3 nitrogen and oxygen atoms in total. The van der Waals surface area contributed by atoms with Crippen LogP contribution in [0.5, 0.6) is 0 Å². The second kappa shape index (κ2) is 5.65. The lowest BCUT2D eigenvalue weighted by atomic mass is 10.0. The highest BCUT2D eigenvalue weighted by Crippen LogP contribution is 2.25. The Balaban J connectivity index is 2.18. The predicted octanol–water partition coefficient (Wildman–Crippen LogP) is 4.12. The van der Waals surface area contributed by atoms with Gasteiger partial charge in [-0.2, -0.15) is 0 Å². The van der Waals surface area contributed by atoms with Gasteiger partial charge >= 0.3 is 0 Å². The number of benzene rings is 1. The van der Waals surface area contributed by atoms with Gasteiger partial charge in [0, 0.05) is 0 Å². The summed E-state index contributed by atoms with van der Waals surface area (Å²) >= 11 is 3.51. The second-order valence-electron chi connectivity index (χ2n) is 4.52. The lowest BCUT2D eigenvalue weighted by Crippen LogP contribution is -1.93. The molecule has 0 saturated heterocycles. The van der Waals surface area contributed by atoms with Gasteiger partial charge in [0.25, 0.3) is 0 Å². The maximum atomic E-state index is 5.67. The SMILES string of the molecule is CCC(Br)c1nnc(Cc2cc(C)ccc2C)o1. The zero-order valence-electron chi connectivity index (χ0n) is 10.9. The minimum absolute atomic E-state index is 0.150. The number of hydrogen-bond acceptors (Lipinski definition) is 3. The van der Waals surface area contributed by atoms with Crippen LogP contribution in [0.25, 0.3) is 0 Å². The fourth-order valence-corrected chi connectivity index (χ4v) is 1.98. The normalized spacial score (nSPS) is 12.7. The van der Waals surface area contributed by atoms with Crippen LogP contribution in [0.2, 0.25) is 0 Å². The third-order valence-corrected chi connectivity index (χ3v) is 3.99. The molecule has 96 valence electrons. The summed E-state index contributed by atoms with van der Waals surface area (Å²) in [6.45, 7) is 6.27. The molecule has 0 bridgehead atoms. The lowest BCUT2D eigenvalue weighted by Gasteiger charge is -2.04. The van der Waals surface area contributed by atoms with Crippen LogP contribution in [0, 0.1) is 13.8 Å². The van der Waals surface area contributed by atoms with E-state index in [9.17, 15) is 0 Å². The standard InChI is InChI=1S/C14H17BrN2O/c1-4-12(15)14-17-16-13(18-14)8-11-7-9(2)5-6-10(11)3/h5-7,12H,4,8H2,1-3H3. The zero-order chi connectivity index (χ0) is 13.1. The van der Waals surface area contributed by atoms with Gasteiger partial charge in [-0.1, -0.05) is 46.6 Å². The van der Waals surface area contributed by atoms with Crippen LogP contribution in [-0.2, 0) is 6.42 Å². The molecule has 2 aromatic rings. The number of aromatic nitrogens is 2. The van der Waals surface area contributed by atoms with Gasteiger partial charge in [0.05, 0.1) is 11.2 Å². The summed E-state index contributed by atoms with van der Waals surface area (Å²) in [6, 6.07) is 6.41. The van der Waals surface area contributed by atoms with E-state index in [4.69, 9.17) is 4.42 Å². The van der Waals surface area contributed by atoms with E-state index in [-0.39, 0.29) is 4.83 Å². The van der Waals surface area contributed by atoms with E-state index < -0.39 is 0 Å². The molecule has 1 aromatic heterocycles. The fourth-order valence-electron chi connectivity index (χ4n) is 1.79. The molecule has 0 N–H and O–H groups in total. The Kier molecular flexibility index (Phi) is 4.17. The van der Waals surface area contributed by atoms with Crippen molar-refractivity contribution in [1.82, 2.24) is 10.2 Å². The number of aryl methyl sites for hydroxylation is 2. The Morgan fingerprint density at radius 2 is 2.06 bits per heavy atom. The molecular formula is C14H17BrN2O. The van der Waals surface area contributed by atoms with Crippen molar-refractivity contribution in [2.45, 2.75) is 38.4 Å². The molecule has 1 unspecified atom stereocenters. The van der Waals surface area contributed by atoms with Crippen LogP contribution in [0.15, 0.2) is 22.6 Å². The molecule has 1 aromatic carbocycles. The molecule has 4 heteroatoms. The molecule has 0 saturated carbocycles. The smallest absolute Gasteiger partial charge is 0.230 e. The molecule has 1 atom stereocenters. The average Bonchev–Trinajstić information content (AvgIpc) is 2.81. The first-order chi connectivity index (χ1) is 8.60. The maximum absolute atomic E-state index is 5.67. The Morgan fingerprint density at radius 1 is 1.28 bits per heavy atom. The van der Waals surface area contributed by atoms with Gasteiger partial charge in [-0.15, -0.1) is 10.2 Å². The lowest BCUT2D eigenvalue weighted by molar-refractivity contribution is 0.453. The van der Waals surface area contributed by atoms with Gasteiger partial charge in [0.2, 0.25) is 11.8 Å². The van der Waals surface area contributed by atoms with Crippen molar-refractivity contribution >= 4 is 15.9 Å². The van der Waals surface area contributed by atoms with Gasteiger partial charge in [-0.3, -0.25) is 0 Å². The summed E-state index contributed by atoms with van der Waals surface area (Å²) in [7, 11) is 0. The van der Waals surface area contributed by atoms with Crippen molar-refractivity contribution in [2.24, 2.45) is 0 Å². The molecule has 0 amide bonds. The van der Waals surface area contributed by atoms with E-state index in [0.29, 0.717) is 18.2 Å². The highest BCUT2D eigenvalue weighted by Gasteiger charge is 2.14. The van der Waals surface area contributed by atoms with Crippen molar-refractivity contribution in [3.63, 3.8) is 0 Å². The Bertz CT molecular complexity index is 536. The molecule has 1 heterocycles. The topological polar surface area (TPSA) is 38.9 Å². The van der Waals surface area contributed by atoms with Crippen LogP contribution in [0.3, 0.4) is 0 Å². The van der Waals surface area contributed by atoms with E-state index in [1.54, 1.807) is 0 Å². The molecule has 2 rings (SSSR count). The zero-order valence-corrected chi connectivity index (χ0v) is 12.5. The van der Waals surface area contributed by atoms with Gasteiger partial charge in [-0.25, -0.2) is 0 Å². The van der Waals surface area contributed by atoms with E-state index in [2.05, 4.69) is 65.1 Å². The summed E-state index contributed by atoms with van der Waals surface area (Å²) in [6.07, 6.45) is 1.63. The predicted molar refractivity (Wildman–Crippen MR) is 75.0 cm³/mol. The minimum Gasteiger partial charge on any atom is -0.424 e. The van der Waals surface area contributed by atoms with E-state index in [0.717, 1.165) is 6.42 Å². The minimum atomic E-state index is 0.150. The summed E-state index contributed by atoms with van der Waals surface area (Å²) in [5.41, 5.74) is 3.75. The summed E-state index contributed by atoms with van der Waals surface area (Å²) in [5.74, 6) is 1.34. The van der Waals surface area contributed by atoms with Crippen molar-refractivity contribution in [2.75, 3.05) is 0 Å². The number of nitrogens with zero attached hydrogens (tertiary/aromatic N) is 2. The molecule has 0 spiro atoms. The van der Waals surface area contributed by atoms with Gasteiger partial charge < -0.3 is 4.42 Å². The van der Waals surface area contributed by atoms with Crippen LogP contribution in [0.4, 0.5) is 0 Å². The highest BCUT2D eigenvalue weighted by atomic mass is 79.9. The molecule has 0 radical (unpaired) electrons. The van der Waals surface area contributed by atoms with Crippen LogP contribution in [-0.4, -0.2) is 10.2 Å². The summed E-state index contributed by atoms with van der Waals surface area (Å²) in [4.78, 5) is 0.150. The van der Waals surface area contributed by atoms with Crippen molar-refractivity contribution in [3.05, 3.63) is 46.7 Å². The van der Waals surface area contributed by atoms with Crippen LogP contribution in [0.1, 0.15) is 46.6 Å². The fraction of sp³-hybridized carbons (Fsp3) is 0.429.